The summed E-state index contributed by atoms with van der Waals surface area (Å²) in [6, 6.07) is 7.68. The topological polar surface area (TPSA) is 97.1 Å². The third-order valence-corrected chi connectivity index (χ3v) is 6.07. The zero-order chi connectivity index (χ0) is 18.1. The number of aromatic amines is 1. The van der Waals surface area contributed by atoms with E-state index in [4.69, 9.17) is 10.5 Å². The Hall–Kier alpha value is -1.96. The van der Waals surface area contributed by atoms with Gasteiger partial charge in [-0.15, -0.1) is 17.5 Å². The predicted octanol–water partition coefficient (Wildman–Crippen LogP) is 2.10. The third kappa shape index (κ3) is 3.47. The van der Waals surface area contributed by atoms with Crippen LogP contribution in [0.3, 0.4) is 0 Å². The molecular formula is C19H26ClN5O2. The highest BCUT2D eigenvalue weighted by molar-refractivity contribution is 5.92. The quantitative estimate of drug-likeness (QED) is 0.813. The number of likely N-dealkylation sites (tertiary alicyclic amines) is 1. The van der Waals surface area contributed by atoms with E-state index < -0.39 is 5.91 Å². The molecule has 1 saturated carbocycles. The van der Waals surface area contributed by atoms with Crippen LogP contribution >= 0.6 is 12.4 Å². The molecule has 2 heterocycles. The van der Waals surface area contributed by atoms with Crippen LogP contribution in [0.2, 0.25) is 0 Å². The van der Waals surface area contributed by atoms with Crippen molar-refractivity contribution in [1.29, 1.82) is 0 Å². The molecular weight excluding hydrogens is 366 g/mol. The minimum atomic E-state index is -0.396. The molecule has 1 aromatic heterocycles. The van der Waals surface area contributed by atoms with Gasteiger partial charge in [-0.05, 0) is 30.5 Å². The van der Waals surface area contributed by atoms with Crippen LogP contribution < -0.4 is 5.73 Å². The number of carbonyl (C=O) groups is 1. The number of piperidine rings is 1. The maximum absolute atomic E-state index is 11.7. The van der Waals surface area contributed by atoms with Crippen molar-refractivity contribution in [3.05, 3.63) is 47.3 Å². The summed E-state index contributed by atoms with van der Waals surface area (Å²) in [5, 5.41) is 10.6. The first-order chi connectivity index (χ1) is 12.6. The summed E-state index contributed by atoms with van der Waals surface area (Å²) < 4.78 is 6.24. The van der Waals surface area contributed by atoms with Crippen LogP contribution in [0.1, 0.15) is 40.9 Å². The molecule has 27 heavy (non-hydrogen) atoms. The maximum Gasteiger partial charge on any atom is 0.248 e. The Balaban J connectivity index is 0.00000210. The summed E-state index contributed by atoms with van der Waals surface area (Å²) in [6.07, 6.45) is 5.23. The van der Waals surface area contributed by atoms with E-state index in [-0.39, 0.29) is 18.0 Å². The fourth-order valence-corrected chi connectivity index (χ4v) is 5.03. The van der Waals surface area contributed by atoms with E-state index in [2.05, 4.69) is 26.4 Å². The number of fused-ring (bicyclic) bond motifs is 2. The molecule has 2 fully saturated rings. The van der Waals surface area contributed by atoms with Gasteiger partial charge in [0.05, 0.1) is 11.9 Å². The zero-order valence-electron chi connectivity index (χ0n) is 15.4. The highest BCUT2D eigenvalue weighted by Gasteiger charge is 2.53. The number of hydrogen-bond donors (Lipinski definition) is 2. The first kappa shape index (κ1) is 19.8. The van der Waals surface area contributed by atoms with Gasteiger partial charge in [-0.25, -0.2) is 0 Å². The molecule has 1 saturated heterocycles. The summed E-state index contributed by atoms with van der Waals surface area (Å²) in [4.78, 5) is 14.1. The minimum Gasteiger partial charge on any atom is -0.373 e. The normalized spacial score (nSPS) is 27.7. The zero-order valence-corrected chi connectivity index (χ0v) is 16.2. The average molecular weight is 392 g/mol. The first-order valence-electron chi connectivity index (χ1n) is 9.16. The number of aromatic nitrogens is 3. The molecule has 4 rings (SSSR count). The lowest BCUT2D eigenvalue weighted by Gasteiger charge is -2.55. The highest BCUT2D eigenvalue weighted by atomic mass is 35.5. The van der Waals surface area contributed by atoms with E-state index >= 15 is 0 Å². The average Bonchev–Trinajstić information content (AvgIpc) is 3.14. The summed E-state index contributed by atoms with van der Waals surface area (Å²) in [5.74, 6) is 0.352. The van der Waals surface area contributed by atoms with Crippen LogP contribution in [0.25, 0.3) is 0 Å². The lowest BCUT2D eigenvalue weighted by atomic mass is 9.62. The third-order valence-electron chi connectivity index (χ3n) is 6.07. The molecule has 0 radical (unpaired) electrons. The molecule has 1 aromatic carbocycles. The molecule has 1 amide bonds. The summed E-state index contributed by atoms with van der Waals surface area (Å²) >= 11 is 0. The second-order valence-electron chi connectivity index (χ2n) is 7.44. The van der Waals surface area contributed by atoms with Crippen molar-refractivity contribution in [2.24, 2.45) is 17.6 Å². The standard InChI is InChI=1S/C19H25N5O2.ClH/c1-26-19(14-5-2-4-13(8-14)18(20)25)15-6-3-7-16(19)11-24(10-15)12-17-9-21-23-22-17;/h2,4-5,8-9,15-16H,3,6-7,10-12H2,1H3,(H2,20,25)(H,21,22,23);1H/t15-,16+,19+;. The largest absolute Gasteiger partial charge is 0.373 e. The molecule has 3 atom stereocenters. The molecule has 1 aliphatic heterocycles. The van der Waals surface area contributed by atoms with Crippen molar-refractivity contribution < 1.29 is 9.53 Å². The number of nitrogens with one attached hydrogen (secondary N) is 1. The Morgan fingerprint density at radius 3 is 2.70 bits per heavy atom. The van der Waals surface area contributed by atoms with Gasteiger partial charge in [0.2, 0.25) is 5.91 Å². The maximum atomic E-state index is 11.7. The van der Waals surface area contributed by atoms with Gasteiger partial charge >= 0.3 is 0 Å². The van der Waals surface area contributed by atoms with Gasteiger partial charge < -0.3 is 10.5 Å². The Labute approximate surface area is 165 Å². The number of nitrogens with two attached hydrogens (primary N) is 1. The van der Waals surface area contributed by atoms with E-state index in [1.165, 1.54) is 6.42 Å². The molecule has 0 unspecified atom stereocenters. The van der Waals surface area contributed by atoms with Crippen molar-refractivity contribution >= 4 is 18.3 Å². The molecule has 7 nitrogen and oxygen atoms in total. The number of amides is 1. The smallest absolute Gasteiger partial charge is 0.248 e. The molecule has 3 N–H and O–H groups in total. The summed E-state index contributed by atoms with van der Waals surface area (Å²) in [7, 11) is 1.80. The van der Waals surface area contributed by atoms with Crippen molar-refractivity contribution in [1.82, 2.24) is 20.3 Å². The van der Waals surface area contributed by atoms with Gasteiger partial charge in [-0.1, -0.05) is 23.8 Å². The molecule has 2 aromatic rings. The van der Waals surface area contributed by atoms with Crippen LogP contribution in [0.15, 0.2) is 30.5 Å². The van der Waals surface area contributed by atoms with E-state index in [9.17, 15) is 4.79 Å². The van der Waals surface area contributed by atoms with Crippen LogP contribution in [0.5, 0.6) is 0 Å². The van der Waals surface area contributed by atoms with Gasteiger partial charge in [0.25, 0.3) is 0 Å². The Kier molecular flexibility index (Phi) is 5.83. The number of carbonyl (C=O) groups excluding carboxylic acids is 1. The van der Waals surface area contributed by atoms with Gasteiger partial charge in [-0.2, -0.15) is 0 Å². The number of ether oxygens (including phenoxy) is 1. The monoisotopic (exact) mass is 391 g/mol. The Bertz CT molecular complexity index is 768. The number of H-pyrrole nitrogens is 1. The molecule has 2 bridgehead atoms. The van der Waals surface area contributed by atoms with Gasteiger partial charge in [0, 0.05) is 44.1 Å². The first-order valence-corrected chi connectivity index (χ1v) is 9.16. The summed E-state index contributed by atoms with van der Waals surface area (Å²) in [6.45, 7) is 2.72. The van der Waals surface area contributed by atoms with E-state index in [1.54, 1.807) is 19.4 Å². The Morgan fingerprint density at radius 2 is 2.11 bits per heavy atom. The SMILES string of the molecule is CO[C@@]1(c2cccc(C(N)=O)c2)[C@@H]2CCC[C@H]1CN(Cc1cnn[nH]1)C2.Cl. The number of halogens is 1. The number of primary amides is 1. The van der Waals surface area contributed by atoms with E-state index in [0.29, 0.717) is 17.4 Å². The highest BCUT2D eigenvalue weighted by Crippen LogP contribution is 2.51. The molecule has 1 aliphatic carbocycles. The van der Waals surface area contributed by atoms with E-state index in [0.717, 1.165) is 43.7 Å². The van der Waals surface area contributed by atoms with Gasteiger partial charge in [0.1, 0.15) is 5.60 Å². The van der Waals surface area contributed by atoms with Crippen molar-refractivity contribution in [3.8, 4) is 0 Å². The van der Waals surface area contributed by atoms with Crippen molar-refractivity contribution in [2.75, 3.05) is 20.2 Å². The molecule has 8 heteroatoms. The molecule has 2 aliphatic rings. The van der Waals surface area contributed by atoms with Crippen LogP contribution in [-0.2, 0) is 16.9 Å². The van der Waals surface area contributed by atoms with Crippen molar-refractivity contribution in [3.63, 3.8) is 0 Å². The van der Waals surface area contributed by atoms with E-state index in [1.807, 2.05) is 12.1 Å². The summed E-state index contributed by atoms with van der Waals surface area (Å²) in [5.41, 5.74) is 7.81. The van der Waals surface area contributed by atoms with Crippen LogP contribution in [0.4, 0.5) is 0 Å². The second kappa shape index (κ2) is 7.96. The Morgan fingerprint density at radius 1 is 1.37 bits per heavy atom. The van der Waals surface area contributed by atoms with Crippen molar-refractivity contribution in [2.45, 2.75) is 31.4 Å². The van der Waals surface area contributed by atoms with Gasteiger partial charge in [-0.3, -0.25) is 14.8 Å². The fourth-order valence-electron chi connectivity index (χ4n) is 5.03. The predicted molar refractivity (Wildman–Crippen MR) is 103 cm³/mol. The van der Waals surface area contributed by atoms with Crippen LogP contribution in [-0.4, -0.2) is 46.4 Å². The van der Waals surface area contributed by atoms with Gasteiger partial charge in [0.15, 0.2) is 0 Å². The lowest BCUT2D eigenvalue weighted by Crippen LogP contribution is -2.58. The number of methoxy groups -OCH3 is 1. The fraction of sp³-hybridized carbons (Fsp3) is 0.526. The number of hydrogen-bond acceptors (Lipinski definition) is 5. The number of benzene rings is 1. The lowest BCUT2D eigenvalue weighted by molar-refractivity contribution is -0.170. The molecule has 0 spiro atoms. The molecule has 146 valence electrons. The van der Waals surface area contributed by atoms with Crippen LogP contribution in [0, 0.1) is 11.8 Å². The number of nitrogens with zero attached hydrogens (tertiary/aromatic N) is 3. The minimum absolute atomic E-state index is 0. The number of rotatable bonds is 5. The second-order valence-corrected chi connectivity index (χ2v) is 7.44.